The third-order valence-electron chi connectivity index (χ3n) is 2.92. The first-order valence-corrected chi connectivity index (χ1v) is 7.03. The Morgan fingerprint density at radius 3 is 3.18 bits per heavy atom. The minimum atomic E-state index is 0.0647. The molecule has 1 fully saturated rings. The quantitative estimate of drug-likeness (QED) is 0.887. The molecule has 0 bridgehead atoms. The number of ether oxygens (including phenoxy) is 2. The number of nitrogens with two attached hydrogens (primary N) is 1. The number of hydrogen-bond donors (Lipinski definition) is 1. The van der Waals surface area contributed by atoms with Gasteiger partial charge in [0, 0.05) is 17.5 Å². The summed E-state index contributed by atoms with van der Waals surface area (Å²) in [7, 11) is 1.68. The van der Waals surface area contributed by atoms with E-state index in [4.69, 9.17) is 15.2 Å². The normalized spacial score (nSPS) is 22.1. The lowest BCUT2D eigenvalue weighted by Crippen LogP contribution is -2.42. The molecule has 3 nitrogen and oxygen atoms in total. The minimum Gasteiger partial charge on any atom is -0.497 e. The smallest absolute Gasteiger partial charge is 0.119 e. The monoisotopic (exact) mass is 253 g/mol. The predicted molar refractivity (Wildman–Crippen MR) is 71.7 cm³/mol. The van der Waals surface area contributed by atoms with E-state index in [0.717, 1.165) is 30.3 Å². The molecular weight excluding hydrogens is 234 g/mol. The number of thioether (sulfide) groups is 1. The van der Waals surface area contributed by atoms with Gasteiger partial charge < -0.3 is 15.2 Å². The average molecular weight is 253 g/mol. The van der Waals surface area contributed by atoms with Gasteiger partial charge in [0.1, 0.15) is 5.75 Å². The molecule has 0 saturated carbocycles. The van der Waals surface area contributed by atoms with E-state index in [-0.39, 0.29) is 12.1 Å². The Bertz CT molecular complexity index is 353. The van der Waals surface area contributed by atoms with E-state index in [0.29, 0.717) is 0 Å². The van der Waals surface area contributed by atoms with Crippen LogP contribution in [0.4, 0.5) is 0 Å². The van der Waals surface area contributed by atoms with Gasteiger partial charge in [-0.1, -0.05) is 12.1 Å². The maximum Gasteiger partial charge on any atom is 0.119 e. The van der Waals surface area contributed by atoms with Crippen molar-refractivity contribution in [3.05, 3.63) is 29.8 Å². The van der Waals surface area contributed by atoms with Crippen molar-refractivity contribution < 1.29 is 9.47 Å². The standard InChI is InChI=1S/C13H19NO2S/c1-15-11-4-2-3-10(7-11)8-12(14)13-9-17-6-5-16-13/h2-4,7,12-13H,5-6,8-9,14H2,1H3. The third-order valence-corrected chi connectivity index (χ3v) is 3.94. The fraction of sp³-hybridized carbons (Fsp3) is 0.538. The summed E-state index contributed by atoms with van der Waals surface area (Å²) < 4.78 is 10.9. The number of methoxy groups -OCH3 is 1. The van der Waals surface area contributed by atoms with E-state index in [1.165, 1.54) is 5.56 Å². The number of benzene rings is 1. The summed E-state index contributed by atoms with van der Waals surface area (Å²) in [6.45, 7) is 0.821. The summed E-state index contributed by atoms with van der Waals surface area (Å²) >= 11 is 1.92. The molecule has 0 amide bonds. The van der Waals surface area contributed by atoms with Crippen LogP contribution in [0.2, 0.25) is 0 Å². The summed E-state index contributed by atoms with van der Waals surface area (Å²) in [6.07, 6.45) is 1.02. The van der Waals surface area contributed by atoms with Crippen molar-refractivity contribution in [2.24, 2.45) is 5.73 Å². The summed E-state index contributed by atoms with van der Waals surface area (Å²) in [5.74, 6) is 2.97. The maximum absolute atomic E-state index is 6.19. The second-order valence-electron chi connectivity index (χ2n) is 4.20. The van der Waals surface area contributed by atoms with Gasteiger partial charge in [0.05, 0.1) is 19.8 Å². The maximum atomic E-state index is 6.19. The SMILES string of the molecule is COc1cccc(CC(N)C2CSCCO2)c1. The Kier molecular flexibility index (Phi) is 4.71. The fourth-order valence-electron chi connectivity index (χ4n) is 1.96. The van der Waals surface area contributed by atoms with Gasteiger partial charge in [0.2, 0.25) is 0 Å². The topological polar surface area (TPSA) is 44.5 Å². The molecule has 2 rings (SSSR count). The highest BCUT2D eigenvalue weighted by Gasteiger charge is 2.21. The molecular formula is C13H19NO2S. The average Bonchev–Trinajstić information content (AvgIpc) is 2.40. The highest BCUT2D eigenvalue weighted by molar-refractivity contribution is 7.99. The van der Waals surface area contributed by atoms with Gasteiger partial charge >= 0.3 is 0 Å². The first-order valence-electron chi connectivity index (χ1n) is 5.87. The van der Waals surface area contributed by atoms with E-state index in [2.05, 4.69) is 6.07 Å². The van der Waals surface area contributed by atoms with Crippen LogP contribution in [0.1, 0.15) is 5.56 Å². The van der Waals surface area contributed by atoms with Gasteiger partial charge in [-0.3, -0.25) is 0 Å². The lowest BCUT2D eigenvalue weighted by atomic mass is 10.0. The lowest BCUT2D eigenvalue weighted by Gasteiger charge is -2.27. The molecule has 1 heterocycles. The molecule has 1 aliphatic rings. The second kappa shape index (κ2) is 6.28. The summed E-state index contributed by atoms with van der Waals surface area (Å²) in [5, 5.41) is 0. The van der Waals surface area contributed by atoms with Crippen molar-refractivity contribution >= 4 is 11.8 Å². The zero-order chi connectivity index (χ0) is 12.1. The van der Waals surface area contributed by atoms with Gasteiger partial charge in [-0.25, -0.2) is 0 Å². The van der Waals surface area contributed by atoms with Crippen LogP contribution in [0.15, 0.2) is 24.3 Å². The minimum absolute atomic E-state index is 0.0647. The molecule has 4 heteroatoms. The molecule has 2 atom stereocenters. The Morgan fingerprint density at radius 1 is 1.59 bits per heavy atom. The van der Waals surface area contributed by atoms with Crippen molar-refractivity contribution in [2.75, 3.05) is 25.2 Å². The molecule has 0 aliphatic carbocycles. The molecule has 0 aromatic heterocycles. The van der Waals surface area contributed by atoms with Crippen molar-refractivity contribution in [3.8, 4) is 5.75 Å². The highest BCUT2D eigenvalue weighted by atomic mass is 32.2. The molecule has 2 unspecified atom stereocenters. The van der Waals surface area contributed by atoms with E-state index in [1.807, 2.05) is 30.0 Å². The van der Waals surface area contributed by atoms with Crippen molar-refractivity contribution in [1.82, 2.24) is 0 Å². The Hall–Kier alpha value is -0.710. The van der Waals surface area contributed by atoms with E-state index >= 15 is 0 Å². The van der Waals surface area contributed by atoms with Crippen LogP contribution in [-0.2, 0) is 11.2 Å². The Labute approximate surface area is 107 Å². The molecule has 0 spiro atoms. The summed E-state index contributed by atoms with van der Waals surface area (Å²) in [5.41, 5.74) is 7.40. The van der Waals surface area contributed by atoms with Crippen LogP contribution < -0.4 is 10.5 Å². The van der Waals surface area contributed by atoms with Crippen LogP contribution in [0.5, 0.6) is 5.75 Å². The number of hydrogen-bond acceptors (Lipinski definition) is 4. The molecule has 0 radical (unpaired) electrons. The molecule has 1 aromatic rings. The van der Waals surface area contributed by atoms with Crippen molar-refractivity contribution in [2.45, 2.75) is 18.6 Å². The van der Waals surface area contributed by atoms with Crippen LogP contribution >= 0.6 is 11.8 Å². The fourth-order valence-corrected chi connectivity index (χ4v) is 2.91. The lowest BCUT2D eigenvalue weighted by molar-refractivity contribution is 0.0572. The molecule has 1 aliphatic heterocycles. The Morgan fingerprint density at radius 2 is 2.47 bits per heavy atom. The highest BCUT2D eigenvalue weighted by Crippen LogP contribution is 2.19. The van der Waals surface area contributed by atoms with E-state index in [1.54, 1.807) is 7.11 Å². The molecule has 17 heavy (non-hydrogen) atoms. The van der Waals surface area contributed by atoms with Crippen LogP contribution in [0.3, 0.4) is 0 Å². The first-order chi connectivity index (χ1) is 8.29. The zero-order valence-electron chi connectivity index (χ0n) is 10.1. The molecule has 94 valence electrons. The van der Waals surface area contributed by atoms with Gasteiger partial charge in [-0.05, 0) is 24.1 Å². The summed E-state index contributed by atoms with van der Waals surface area (Å²) in [6, 6.07) is 8.13. The Balaban J connectivity index is 1.94. The van der Waals surface area contributed by atoms with E-state index < -0.39 is 0 Å². The molecule has 1 aromatic carbocycles. The van der Waals surface area contributed by atoms with Gasteiger partial charge in [-0.2, -0.15) is 11.8 Å². The van der Waals surface area contributed by atoms with Crippen molar-refractivity contribution in [1.29, 1.82) is 0 Å². The van der Waals surface area contributed by atoms with Gasteiger partial charge in [0.25, 0.3) is 0 Å². The number of rotatable bonds is 4. The largest absolute Gasteiger partial charge is 0.497 e. The molecule has 1 saturated heterocycles. The van der Waals surface area contributed by atoms with Crippen LogP contribution in [0, 0.1) is 0 Å². The molecule has 2 N–H and O–H groups in total. The summed E-state index contributed by atoms with van der Waals surface area (Å²) in [4.78, 5) is 0. The first kappa shape index (κ1) is 12.7. The predicted octanol–water partition coefficient (Wildman–Crippen LogP) is 1.70. The third kappa shape index (κ3) is 3.63. The van der Waals surface area contributed by atoms with E-state index in [9.17, 15) is 0 Å². The second-order valence-corrected chi connectivity index (χ2v) is 5.35. The van der Waals surface area contributed by atoms with Gasteiger partial charge in [0.15, 0.2) is 0 Å². The van der Waals surface area contributed by atoms with Crippen molar-refractivity contribution in [3.63, 3.8) is 0 Å². The van der Waals surface area contributed by atoms with Crippen LogP contribution in [0.25, 0.3) is 0 Å². The van der Waals surface area contributed by atoms with Crippen LogP contribution in [-0.4, -0.2) is 37.4 Å². The zero-order valence-corrected chi connectivity index (χ0v) is 10.9. The van der Waals surface area contributed by atoms with Gasteiger partial charge in [-0.15, -0.1) is 0 Å².